The summed E-state index contributed by atoms with van der Waals surface area (Å²) in [6, 6.07) is 10.2. The molecule has 1 fully saturated rings. The molecule has 1 aliphatic heterocycles. The monoisotopic (exact) mass is 411 g/mol. The zero-order valence-electron chi connectivity index (χ0n) is 14.0. The minimum atomic E-state index is -0.601. The predicted molar refractivity (Wildman–Crippen MR) is 104 cm³/mol. The van der Waals surface area contributed by atoms with Crippen LogP contribution >= 0.6 is 35.0 Å². The number of carbonyl (C=O) groups excluding carboxylic acids is 2. The van der Waals surface area contributed by atoms with Gasteiger partial charge in [-0.25, -0.2) is 4.90 Å². The summed E-state index contributed by atoms with van der Waals surface area (Å²) in [5, 5.41) is -0.153. The van der Waals surface area contributed by atoms with Gasteiger partial charge < -0.3 is 9.47 Å². The SMILES string of the molecule is COc1ccccc1N1C(=O)S[C@H](Cc2cc(Cl)cc(Cl)c2OC)C1=O. The van der Waals surface area contributed by atoms with Crippen molar-refractivity contribution in [3.05, 3.63) is 52.0 Å². The third-order valence-corrected chi connectivity index (χ3v) is 5.48. The number of hydrogen-bond acceptors (Lipinski definition) is 5. The van der Waals surface area contributed by atoms with Crippen molar-refractivity contribution in [1.29, 1.82) is 0 Å². The molecule has 2 aromatic carbocycles. The minimum absolute atomic E-state index is 0.268. The summed E-state index contributed by atoms with van der Waals surface area (Å²) in [5.41, 5.74) is 1.10. The highest BCUT2D eigenvalue weighted by molar-refractivity contribution is 8.15. The molecule has 1 aliphatic rings. The molecule has 0 bridgehead atoms. The Kier molecular flexibility index (Phi) is 5.65. The van der Waals surface area contributed by atoms with Crippen LogP contribution in [-0.4, -0.2) is 30.6 Å². The van der Waals surface area contributed by atoms with Crippen molar-refractivity contribution >= 4 is 51.8 Å². The molecule has 2 amide bonds. The molecule has 2 aromatic rings. The van der Waals surface area contributed by atoms with E-state index in [4.69, 9.17) is 32.7 Å². The molecular formula is C18H15Cl2NO4S. The van der Waals surface area contributed by atoms with Crippen LogP contribution in [0.2, 0.25) is 10.0 Å². The first-order valence-electron chi connectivity index (χ1n) is 7.65. The van der Waals surface area contributed by atoms with Crippen LogP contribution in [0.15, 0.2) is 36.4 Å². The molecule has 0 spiro atoms. The minimum Gasteiger partial charge on any atom is -0.495 e. The zero-order valence-corrected chi connectivity index (χ0v) is 16.3. The quantitative estimate of drug-likeness (QED) is 0.705. The lowest BCUT2D eigenvalue weighted by Gasteiger charge is -2.17. The van der Waals surface area contributed by atoms with Crippen molar-refractivity contribution in [2.75, 3.05) is 19.1 Å². The summed E-state index contributed by atoms with van der Waals surface area (Å²) in [5.74, 6) is 0.592. The highest BCUT2D eigenvalue weighted by Gasteiger charge is 2.42. The summed E-state index contributed by atoms with van der Waals surface area (Å²) in [6.45, 7) is 0. The van der Waals surface area contributed by atoms with Gasteiger partial charge in [0, 0.05) is 5.02 Å². The Balaban J connectivity index is 1.91. The van der Waals surface area contributed by atoms with Gasteiger partial charge in [0.1, 0.15) is 11.5 Å². The Hall–Kier alpha value is -1.89. The van der Waals surface area contributed by atoms with Gasteiger partial charge in [-0.3, -0.25) is 9.59 Å². The Morgan fingerprint density at radius 3 is 2.54 bits per heavy atom. The van der Waals surface area contributed by atoms with Crippen LogP contribution in [0.3, 0.4) is 0 Å². The van der Waals surface area contributed by atoms with Crippen molar-refractivity contribution in [2.45, 2.75) is 11.7 Å². The lowest BCUT2D eigenvalue weighted by Crippen LogP contribution is -2.32. The number of thioether (sulfide) groups is 1. The van der Waals surface area contributed by atoms with E-state index >= 15 is 0 Å². The summed E-state index contributed by atoms with van der Waals surface area (Å²) in [7, 11) is 2.99. The normalized spacial score (nSPS) is 16.9. The van der Waals surface area contributed by atoms with Crippen LogP contribution in [0.4, 0.5) is 10.5 Å². The van der Waals surface area contributed by atoms with Gasteiger partial charge in [-0.1, -0.05) is 47.1 Å². The maximum atomic E-state index is 12.9. The molecular weight excluding hydrogens is 397 g/mol. The second kappa shape index (κ2) is 7.78. The van der Waals surface area contributed by atoms with Crippen LogP contribution in [0.25, 0.3) is 0 Å². The molecule has 0 N–H and O–H groups in total. The molecule has 0 radical (unpaired) electrons. The third-order valence-electron chi connectivity index (χ3n) is 3.94. The summed E-state index contributed by atoms with van der Waals surface area (Å²) in [6.07, 6.45) is 0.268. The van der Waals surface area contributed by atoms with Gasteiger partial charge in [0.2, 0.25) is 5.91 Å². The number of rotatable bonds is 5. The van der Waals surface area contributed by atoms with Crippen molar-refractivity contribution in [3.8, 4) is 11.5 Å². The molecule has 8 heteroatoms. The van der Waals surface area contributed by atoms with E-state index in [-0.39, 0.29) is 17.6 Å². The van der Waals surface area contributed by atoms with Gasteiger partial charge >= 0.3 is 0 Å². The molecule has 0 unspecified atom stereocenters. The largest absolute Gasteiger partial charge is 0.495 e. The van der Waals surface area contributed by atoms with E-state index in [2.05, 4.69) is 0 Å². The molecule has 136 valence electrons. The number of para-hydroxylation sites is 2. The van der Waals surface area contributed by atoms with Crippen LogP contribution in [0.1, 0.15) is 5.56 Å². The summed E-state index contributed by atoms with van der Waals surface area (Å²) < 4.78 is 10.6. The van der Waals surface area contributed by atoms with E-state index < -0.39 is 5.25 Å². The van der Waals surface area contributed by atoms with E-state index in [0.717, 1.165) is 16.7 Å². The predicted octanol–water partition coefficient (Wildman–Crippen LogP) is 4.82. The Labute approximate surface area is 165 Å². The fourth-order valence-electron chi connectivity index (χ4n) is 2.81. The average Bonchev–Trinajstić information content (AvgIpc) is 2.88. The lowest BCUT2D eigenvalue weighted by atomic mass is 10.1. The third kappa shape index (κ3) is 3.49. The van der Waals surface area contributed by atoms with Crippen LogP contribution in [0.5, 0.6) is 11.5 Å². The molecule has 1 atom stereocenters. The van der Waals surface area contributed by atoms with Crippen LogP contribution in [-0.2, 0) is 11.2 Å². The summed E-state index contributed by atoms with van der Waals surface area (Å²) >= 11 is 13.2. The number of benzene rings is 2. The first kappa shape index (κ1) is 18.9. The highest BCUT2D eigenvalue weighted by atomic mass is 35.5. The number of nitrogens with zero attached hydrogens (tertiary/aromatic N) is 1. The van der Waals surface area contributed by atoms with Crippen LogP contribution in [0, 0.1) is 0 Å². The van der Waals surface area contributed by atoms with Crippen molar-refractivity contribution < 1.29 is 19.1 Å². The Morgan fingerprint density at radius 2 is 1.85 bits per heavy atom. The number of carbonyl (C=O) groups is 2. The number of halogens is 2. The van der Waals surface area contributed by atoms with E-state index in [0.29, 0.717) is 32.8 Å². The second-order valence-corrected chi connectivity index (χ2v) is 7.50. The second-order valence-electron chi connectivity index (χ2n) is 5.50. The van der Waals surface area contributed by atoms with Gasteiger partial charge in [-0.15, -0.1) is 0 Å². The molecule has 3 rings (SSSR count). The van der Waals surface area contributed by atoms with Crippen LogP contribution < -0.4 is 14.4 Å². The first-order valence-corrected chi connectivity index (χ1v) is 9.29. The van der Waals surface area contributed by atoms with E-state index in [1.807, 2.05) is 0 Å². The average molecular weight is 412 g/mol. The van der Waals surface area contributed by atoms with Crippen molar-refractivity contribution in [2.24, 2.45) is 0 Å². The summed E-state index contributed by atoms with van der Waals surface area (Å²) in [4.78, 5) is 26.5. The highest BCUT2D eigenvalue weighted by Crippen LogP contribution is 2.40. The first-order chi connectivity index (χ1) is 12.5. The number of anilines is 1. The molecule has 0 saturated carbocycles. The molecule has 1 saturated heterocycles. The number of ether oxygens (including phenoxy) is 2. The smallest absolute Gasteiger partial charge is 0.293 e. The molecule has 1 heterocycles. The van der Waals surface area contributed by atoms with E-state index in [1.54, 1.807) is 36.4 Å². The van der Waals surface area contributed by atoms with Crippen molar-refractivity contribution in [1.82, 2.24) is 0 Å². The standard InChI is InChI=1S/C18H15Cl2NO4S/c1-24-14-6-4-3-5-13(14)21-17(22)15(26-18(21)23)8-10-7-11(19)9-12(20)16(10)25-2/h3-7,9,15H,8H2,1-2H3/t15-/m1/s1. The number of methoxy groups -OCH3 is 2. The van der Waals surface area contributed by atoms with Gasteiger partial charge in [0.15, 0.2) is 0 Å². The fourth-order valence-corrected chi connectivity index (χ4v) is 4.43. The van der Waals surface area contributed by atoms with Gasteiger partial charge in [0.05, 0.1) is 30.2 Å². The molecule has 26 heavy (non-hydrogen) atoms. The molecule has 5 nitrogen and oxygen atoms in total. The lowest BCUT2D eigenvalue weighted by molar-refractivity contribution is -0.117. The fraction of sp³-hybridized carbons (Fsp3) is 0.222. The van der Waals surface area contributed by atoms with E-state index in [9.17, 15) is 9.59 Å². The molecule has 0 aromatic heterocycles. The Morgan fingerprint density at radius 1 is 1.12 bits per heavy atom. The van der Waals surface area contributed by atoms with E-state index in [1.165, 1.54) is 14.2 Å². The zero-order chi connectivity index (χ0) is 18.8. The Bertz CT molecular complexity index is 874. The molecule has 0 aliphatic carbocycles. The number of hydrogen-bond donors (Lipinski definition) is 0. The maximum absolute atomic E-state index is 12.9. The van der Waals surface area contributed by atoms with Gasteiger partial charge in [-0.05, 0) is 36.2 Å². The number of imide groups is 1. The van der Waals surface area contributed by atoms with Crippen molar-refractivity contribution in [3.63, 3.8) is 0 Å². The van der Waals surface area contributed by atoms with Gasteiger partial charge in [-0.2, -0.15) is 0 Å². The van der Waals surface area contributed by atoms with Gasteiger partial charge in [0.25, 0.3) is 5.24 Å². The topological polar surface area (TPSA) is 55.8 Å². The number of amides is 2. The maximum Gasteiger partial charge on any atom is 0.293 e.